The zero-order valence-electron chi connectivity index (χ0n) is 9.12. The van der Waals surface area contributed by atoms with Gasteiger partial charge in [-0.3, -0.25) is 4.79 Å². The third kappa shape index (κ3) is 3.35. The molecule has 2 nitrogen and oxygen atoms in total. The number of carbonyl (C=O) groups excluding carboxylic acids is 1. The van der Waals surface area contributed by atoms with Gasteiger partial charge in [-0.05, 0) is 32.7 Å². The van der Waals surface area contributed by atoms with Gasteiger partial charge in [0.2, 0.25) is 0 Å². The molecule has 0 spiro atoms. The van der Waals surface area contributed by atoms with Gasteiger partial charge in [0.1, 0.15) is 5.78 Å². The van der Waals surface area contributed by atoms with Crippen LogP contribution in [0.3, 0.4) is 0 Å². The molecule has 0 saturated carbocycles. The zero-order valence-corrected chi connectivity index (χ0v) is 9.12. The maximum Gasteiger partial charge on any atom is 0.149 e. The third-order valence-electron chi connectivity index (χ3n) is 2.21. The molecule has 0 heterocycles. The van der Waals surface area contributed by atoms with Crippen molar-refractivity contribution in [2.45, 2.75) is 46.6 Å². The number of hydrogen-bond donors (Lipinski definition) is 1. The van der Waals surface area contributed by atoms with Crippen LogP contribution >= 0.6 is 0 Å². The van der Waals surface area contributed by atoms with Gasteiger partial charge in [0.05, 0.1) is 5.54 Å². The summed E-state index contributed by atoms with van der Waals surface area (Å²) in [5, 5.41) is 3.08. The van der Waals surface area contributed by atoms with Crippen LogP contribution in [0.2, 0.25) is 0 Å². The van der Waals surface area contributed by atoms with Crippen molar-refractivity contribution in [2.75, 3.05) is 7.05 Å². The molecule has 0 aromatic heterocycles. The highest BCUT2D eigenvalue weighted by molar-refractivity contribution is 5.85. The molecule has 0 amide bonds. The van der Waals surface area contributed by atoms with E-state index in [1.165, 1.54) is 0 Å². The Labute approximate surface area is 75.7 Å². The summed E-state index contributed by atoms with van der Waals surface area (Å²) >= 11 is 0. The van der Waals surface area contributed by atoms with Gasteiger partial charge in [-0.25, -0.2) is 0 Å². The number of likely N-dealkylation sites (N-methyl/N-ethyl adjacent to an activating group) is 1. The molecular formula is C10H21NO. The van der Waals surface area contributed by atoms with Crippen LogP contribution in [0.4, 0.5) is 0 Å². The Balaban J connectivity index is 4.46. The van der Waals surface area contributed by atoms with E-state index in [1.807, 2.05) is 14.0 Å². The molecule has 0 bridgehead atoms. The Bertz CT molecular complexity index is 169. The molecule has 1 atom stereocenters. The van der Waals surface area contributed by atoms with Gasteiger partial charge in [0, 0.05) is 0 Å². The number of rotatable bonds is 3. The summed E-state index contributed by atoms with van der Waals surface area (Å²) in [7, 11) is 1.84. The fourth-order valence-corrected chi connectivity index (χ4v) is 1.45. The van der Waals surface area contributed by atoms with E-state index < -0.39 is 0 Å². The first-order valence-corrected chi connectivity index (χ1v) is 4.41. The molecular weight excluding hydrogens is 150 g/mol. The summed E-state index contributed by atoms with van der Waals surface area (Å²) in [6, 6.07) is 0. The maximum absolute atomic E-state index is 11.3. The summed E-state index contributed by atoms with van der Waals surface area (Å²) in [5.74, 6) is 0.208. The van der Waals surface area contributed by atoms with E-state index in [0.29, 0.717) is 0 Å². The highest BCUT2D eigenvalue weighted by atomic mass is 16.1. The Morgan fingerprint density at radius 3 is 1.75 bits per heavy atom. The minimum Gasteiger partial charge on any atom is -0.308 e. The SMILES string of the molecule is CNC(C)(CC(C)(C)C)C(C)=O. The number of hydrogen-bond acceptors (Lipinski definition) is 2. The summed E-state index contributed by atoms with van der Waals surface area (Å²) in [6.07, 6.45) is 0.867. The number of ketones is 1. The van der Waals surface area contributed by atoms with Gasteiger partial charge in [0.25, 0.3) is 0 Å². The molecule has 0 aromatic rings. The van der Waals surface area contributed by atoms with Crippen molar-refractivity contribution >= 4 is 5.78 Å². The first-order chi connectivity index (χ1) is 5.21. The maximum atomic E-state index is 11.3. The molecule has 0 radical (unpaired) electrons. The number of nitrogens with one attached hydrogen (secondary N) is 1. The predicted molar refractivity (Wildman–Crippen MR) is 52.2 cm³/mol. The van der Waals surface area contributed by atoms with Crippen molar-refractivity contribution in [2.24, 2.45) is 5.41 Å². The highest BCUT2D eigenvalue weighted by Crippen LogP contribution is 2.27. The lowest BCUT2D eigenvalue weighted by atomic mass is 9.79. The number of carbonyl (C=O) groups is 1. The predicted octanol–water partition coefficient (Wildman–Crippen LogP) is 1.99. The lowest BCUT2D eigenvalue weighted by molar-refractivity contribution is -0.123. The van der Waals surface area contributed by atoms with E-state index in [1.54, 1.807) is 6.92 Å². The van der Waals surface area contributed by atoms with E-state index in [-0.39, 0.29) is 16.7 Å². The van der Waals surface area contributed by atoms with E-state index in [4.69, 9.17) is 0 Å². The van der Waals surface area contributed by atoms with Gasteiger partial charge in [-0.15, -0.1) is 0 Å². The molecule has 12 heavy (non-hydrogen) atoms. The van der Waals surface area contributed by atoms with Crippen molar-refractivity contribution in [3.8, 4) is 0 Å². The molecule has 0 rings (SSSR count). The van der Waals surface area contributed by atoms with Crippen molar-refractivity contribution < 1.29 is 4.79 Å². The summed E-state index contributed by atoms with van der Waals surface area (Å²) in [5.41, 5.74) is -0.179. The Morgan fingerprint density at radius 1 is 1.25 bits per heavy atom. The topological polar surface area (TPSA) is 29.1 Å². The average molecular weight is 171 g/mol. The first-order valence-electron chi connectivity index (χ1n) is 4.41. The molecule has 1 N–H and O–H groups in total. The highest BCUT2D eigenvalue weighted by Gasteiger charge is 2.32. The van der Waals surface area contributed by atoms with Crippen LogP contribution in [0, 0.1) is 5.41 Å². The van der Waals surface area contributed by atoms with E-state index in [9.17, 15) is 4.79 Å². The molecule has 0 aliphatic rings. The first kappa shape index (κ1) is 11.6. The summed E-state index contributed by atoms with van der Waals surface area (Å²) < 4.78 is 0. The Kier molecular flexibility index (Phi) is 3.45. The molecule has 1 unspecified atom stereocenters. The molecule has 0 saturated heterocycles. The molecule has 0 aliphatic carbocycles. The monoisotopic (exact) mass is 171 g/mol. The number of Topliss-reactive ketones (excluding diaryl/α,β-unsaturated/α-hetero) is 1. The van der Waals surface area contributed by atoms with Crippen LogP contribution in [0.5, 0.6) is 0 Å². The second-order valence-corrected chi connectivity index (χ2v) is 4.88. The third-order valence-corrected chi connectivity index (χ3v) is 2.21. The van der Waals surface area contributed by atoms with Crippen molar-refractivity contribution in [1.29, 1.82) is 0 Å². The fourth-order valence-electron chi connectivity index (χ4n) is 1.45. The lowest BCUT2D eigenvalue weighted by Gasteiger charge is -2.33. The fraction of sp³-hybridized carbons (Fsp3) is 0.900. The van der Waals surface area contributed by atoms with Crippen LogP contribution < -0.4 is 5.32 Å². The normalized spacial score (nSPS) is 17.2. The quantitative estimate of drug-likeness (QED) is 0.703. The Hall–Kier alpha value is -0.370. The smallest absolute Gasteiger partial charge is 0.149 e. The zero-order chi connectivity index (χ0) is 9.99. The summed E-state index contributed by atoms with van der Waals surface area (Å²) in [4.78, 5) is 11.3. The second-order valence-electron chi connectivity index (χ2n) is 4.88. The van der Waals surface area contributed by atoms with Crippen molar-refractivity contribution in [1.82, 2.24) is 5.32 Å². The van der Waals surface area contributed by atoms with Crippen LogP contribution in [-0.4, -0.2) is 18.4 Å². The van der Waals surface area contributed by atoms with Crippen LogP contribution in [0.15, 0.2) is 0 Å². The molecule has 0 aliphatic heterocycles. The minimum atomic E-state index is -0.363. The van der Waals surface area contributed by atoms with E-state index >= 15 is 0 Å². The lowest BCUT2D eigenvalue weighted by Crippen LogP contribution is -2.48. The molecule has 0 aromatic carbocycles. The van der Waals surface area contributed by atoms with E-state index in [0.717, 1.165) is 6.42 Å². The van der Waals surface area contributed by atoms with Crippen LogP contribution in [0.25, 0.3) is 0 Å². The minimum absolute atomic E-state index is 0.184. The summed E-state index contributed by atoms with van der Waals surface area (Å²) in [6.45, 7) is 10.0. The van der Waals surface area contributed by atoms with Gasteiger partial charge in [-0.2, -0.15) is 0 Å². The molecule has 2 heteroatoms. The molecule has 72 valence electrons. The van der Waals surface area contributed by atoms with Gasteiger partial charge < -0.3 is 5.32 Å². The van der Waals surface area contributed by atoms with Crippen molar-refractivity contribution in [3.63, 3.8) is 0 Å². The van der Waals surface area contributed by atoms with Gasteiger partial charge in [0.15, 0.2) is 0 Å². The van der Waals surface area contributed by atoms with Gasteiger partial charge >= 0.3 is 0 Å². The van der Waals surface area contributed by atoms with Crippen molar-refractivity contribution in [3.05, 3.63) is 0 Å². The van der Waals surface area contributed by atoms with Crippen LogP contribution in [0.1, 0.15) is 41.0 Å². The van der Waals surface area contributed by atoms with Gasteiger partial charge in [-0.1, -0.05) is 20.8 Å². The van der Waals surface area contributed by atoms with Crippen LogP contribution in [-0.2, 0) is 4.79 Å². The largest absolute Gasteiger partial charge is 0.308 e. The standard InChI is InChI=1S/C10H21NO/c1-8(12)10(5,11-6)7-9(2,3)4/h11H,7H2,1-6H3. The van der Waals surface area contributed by atoms with E-state index in [2.05, 4.69) is 26.1 Å². The average Bonchev–Trinajstić information content (AvgIpc) is 1.83. The second kappa shape index (κ2) is 3.56. The Morgan fingerprint density at radius 2 is 1.67 bits per heavy atom. The molecule has 0 fully saturated rings.